The highest BCUT2D eigenvalue weighted by atomic mass is 16.6. The number of ether oxygens (including phenoxy) is 2. The quantitative estimate of drug-likeness (QED) is 0.809. The molecule has 0 saturated carbocycles. The molecule has 0 unspecified atom stereocenters. The molecule has 0 bridgehead atoms. The van der Waals surface area contributed by atoms with Gasteiger partial charge in [-0.15, -0.1) is 0 Å². The standard InChI is InChI=1S/C17H27N5O3/c1-3-25-17(23)22-10-8-20(9-11-22)14-4-6-21(7-5-14)15-12-16(24-2)19-13-18-15/h12-14H,3-11H2,1-2H3. The zero-order chi connectivity index (χ0) is 17.6. The summed E-state index contributed by atoms with van der Waals surface area (Å²) in [6.45, 7) is 7.58. The molecule has 138 valence electrons. The highest BCUT2D eigenvalue weighted by Crippen LogP contribution is 2.23. The van der Waals surface area contributed by atoms with E-state index >= 15 is 0 Å². The Hall–Kier alpha value is -2.09. The zero-order valence-corrected chi connectivity index (χ0v) is 15.1. The number of carbonyl (C=O) groups excluding carboxylic acids is 1. The lowest BCUT2D eigenvalue weighted by Crippen LogP contribution is -2.54. The van der Waals surface area contributed by atoms with E-state index < -0.39 is 0 Å². The molecule has 3 heterocycles. The maximum atomic E-state index is 11.8. The van der Waals surface area contributed by atoms with E-state index in [2.05, 4.69) is 19.8 Å². The fraction of sp³-hybridized carbons (Fsp3) is 0.706. The average molecular weight is 349 g/mol. The van der Waals surface area contributed by atoms with Crippen molar-refractivity contribution in [2.45, 2.75) is 25.8 Å². The number of rotatable bonds is 4. The third-order valence-corrected chi connectivity index (χ3v) is 4.98. The van der Waals surface area contributed by atoms with Crippen LogP contribution >= 0.6 is 0 Å². The van der Waals surface area contributed by atoms with Crippen molar-refractivity contribution in [1.29, 1.82) is 0 Å². The number of hydrogen-bond acceptors (Lipinski definition) is 7. The Morgan fingerprint density at radius 3 is 2.52 bits per heavy atom. The van der Waals surface area contributed by atoms with E-state index in [1.807, 2.05) is 17.9 Å². The normalized spacial score (nSPS) is 19.8. The highest BCUT2D eigenvalue weighted by Gasteiger charge is 2.29. The Balaban J connectivity index is 1.47. The van der Waals surface area contributed by atoms with Crippen LogP contribution < -0.4 is 9.64 Å². The topological polar surface area (TPSA) is 71.0 Å². The Kier molecular flexibility index (Phi) is 5.91. The van der Waals surface area contributed by atoms with Crippen molar-refractivity contribution in [3.8, 4) is 5.88 Å². The van der Waals surface area contributed by atoms with Gasteiger partial charge in [-0.3, -0.25) is 4.90 Å². The first kappa shape index (κ1) is 17.7. The van der Waals surface area contributed by atoms with Gasteiger partial charge in [0, 0.05) is 51.4 Å². The van der Waals surface area contributed by atoms with Crippen LogP contribution in [0.25, 0.3) is 0 Å². The van der Waals surface area contributed by atoms with Gasteiger partial charge in [0.05, 0.1) is 13.7 Å². The molecule has 1 amide bonds. The van der Waals surface area contributed by atoms with Crippen molar-refractivity contribution in [1.82, 2.24) is 19.8 Å². The highest BCUT2D eigenvalue weighted by molar-refractivity contribution is 5.67. The van der Waals surface area contributed by atoms with Crippen LogP contribution in [0.15, 0.2) is 12.4 Å². The predicted octanol–water partition coefficient (Wildman–Crippen LogP) is 1.23. The molecular formula is C17H27N5O3. The van der Waals surface area contributed by atoms with Crippen LogP contribution in [0.5, 0.6) is 5.88 Å². The van der Waals surface area contributed by atoms with Crippen molar-refractivity contribution >= 4 is 11.9 Å². The Morgan fingerprint density at radius 2 is 1.88 bits per heavy atom. The van der Waals surface area contributed by atoms with Crippen LogP contribution in [0.2, 0.25) is 0 Å². The molecular weight excluding hydrogens is 322 g/mol. The van der Waals surface area contributed by atoms with Crippen LogP contribution in [0.1, 0.15) is 19.8 Å². The fourth-order valence-electron chi connectivity index (χ4n) is 3.56. The Bertz CT molecular complexity index is 569. The van der Waals surface area contributed by atoms with E-state index in [1.165, 1.54) is 0 Å². The molecule has 0 aliphatic carbocycles. The Labute approximate surface area is 148 Å². The largest absolute Gasteiger partial charge is 0.481 e. The molecule has 0 N–H and O–H groups in total. The van der Waals surface area contributed by atoms with E-state index in [4.69, 9.17) is 9.47 Å². The molecule has 2 saturated heterocycles. The first-order chi connectivity index (χ1) is 12.2. The summed E-state index contributed by atoms with van der Waals surface area (Å²) in [5.74, 6) is 1.53. The number of carbonyl (C=O) groups is 1. The van der Waals surface area contributed by atoms with Gasteiger partial charge in [-0.2, -0.15) is 0 Å². The van der Waals surface area contributed by atoms with Gasteiger partial charge in [0.2, 0.25) is 5.88 Å². The maximum absolute atomic E-state index is 11.8. The number of aromatic nitrogens is 2. The number of nitrogens with zero attached hydrogens (tertiary/aromatic N) is 5. The molecule has 0 atom stereocenters. The van der Waals surface area contributed by atoms with Gasteiger partial charge in [0.1, 0.15) is 12.1 Å². The molecule has 2 aliphatic heterocycles. The van der Waals surface area contributed by atoms with Gasteiger partial charge in [0.25, 0.3) is 0 Å². The number of piperidine rings is 1. The number of anilines is 1. The molecule has 8 heteroatoms. The van der Waals surface area contributed by atoms with Gasteiger partial charge in [0.15, 0.2) is 0 Å². The van der Waals surface area contributed by atoms with Crippen molar-refractivity contribution in [2.24, 2.45) is 0 Å². The minimum Gasteiger partial charge on any atom is -0.481 e. The molecule has 25 heavy (non-hydrogen) atoms. The van der Waals surface area contributed by atoms with E-state index in [0.717, 1.165) is 57.9 Å². The van der Waals surface area contributed by atoms with Crippen molar-refractivity contribution in [3.63, 3.8) is 0 Å². The molecule has 0 radical (unpaired) electrons. The average Bonchev–Trinajstić information content (AvgIpc) is 2.68. The lowest BCUT2D eigenvalue weighted by atomic mass is 10.0. The second-order valence-electron chi connectivity index (χ2n) is 6.36. The number of methoxy groups -OCH3 is 1. The molecule has 0 spiro atoms. The van der Waals surface area contributed by atoms with Gasteiger partial charge >= 0.3 is 6.09 Å². The summed E-state index contributed by atoms with van der Waals surface area (Å²) in [6, 6.07) is 2.46. The monoisotopic (exact) mass is 349 g/mol. The van der Waals surface area contributed by atoms with Gasteiger partial charge in [-0.25, -0.2) is 14.8 Å². The summed E-state index contributed by atoms with van der Waals surface area (Å²) in [5, 5.41) is 0. The zero-order valence-electron chi connectivity index (χ0n) is 15.1. The lowest BCUT2D eigenvalue weighted by Gasteiger charge is -2.42. The molecule has 8 nitrogen and oxygen atoms in total. The third kappa shape index (κ3) is 4.31. The first-order valence-electron chi connectivity index (χ1n) is 8.98. The Morgan fingerprint density at radius 1 is 1.16 bits per heavy atom. The summed E-state index contributed by atoms with van der Waals surface area (Å²) in [4.78, 5) is 26.8. The molecule has 2 fully saturated rings. The van der Waals surface area contributed by atoms with Gasteiger partial charge in [-0.1, -0.05) is 0 Å². The van der Waals surface area contributed by atoms with Crippen LogP contribution in [0, 0.1) is 0 Å². The van der Waals surface area contributed by atoms with E-state index in [-0.39, 0.29) is 6.09 Å². The SMILES string of the molecule is CCOC(=O)N1CCN(C2CCN(c3cc(OC)ncn3)CC2)CC1. The molecule has 3 rings (SSSR count). The minimum atomic E-state index is -0.185. The van der Waals surface area contributed by atoms with E-state index in [9.17, 15) is 4.79 Å². The number of hydrogen-bond donors (Lipinski definition) is 0. The number of amides is 1. The van der Waals surface area contributed by atoms with Crippen LogP contribution in [-0.2, 0) is 4.74 Å². The van der Waals surface area contributed by atoms with Crippen LogP contribution in [0.3, 0.4) is 0 Å². The minimum absolute atomic E-state index is 0.185. The number of piperazine rings is 1. The third-order valence-electron chi connectivity index (χ3n) is 4.98. The van der Waals surface area contributed by atoms with E-state index in [0.29, 0.717) is 18.5 Å². The summed E-state index contributed by atoms with van der Waals surface area (Å²) in [6.07, 6.45) is 3.57. The fourth-order valence-corrected chi connectivity index (χ4v) is 3.56. The summed E-state index contributed by atoms with van der Waals surface area (Å²) < 4.78 is 10.3. The molecule has 2 aliphatic rings. The van der Waals surface area contributed by atoms with E-state index in [1.54, 1.807) is 13.4 Å². The van der Waals surface area contributed by atoms with Crippen LogP contribution in [-0.4, -0.2) is 84.9 Å². The summed E-state index contributed by atoms with van der Waals surface area (Å²) in [5.41, 5.74) is 0. The molecule has 1 aromatic heterocycles. The van der Waals surface area contributed by atoms with Crippen molar-refractivity contribution < 1.29 is 14.3 Å². The first-order valence-corrected chi connectivity index (χ1v) is 8.98. The summed E-state index contributed by atoms with van der Waals surface area (Å²) >= 11 is 0. The van der Waals surface area contributed by atoms with Gasteiger partial charge < -0.3 is 19.3 Å². The smallest absolute Gasteiger partial charge is 0.409 e. The van der Waals surface area contributed by atoms with Gasteiger partial charge in [-0.05, 0) is 19.8 Å². The van der Waals surface area contributed by atoms with Crippen molar-refractivity contribution in [3.05, 3.63) is 12.4 Å². The van der Waals surface area contributed by atoms with Crippen molar-refractivity contribution in [2.75, 3.05) is 57.9 Å². The second-order valence-corrected chi connectivity index (χ2v) is 6.36. The lowest BCUT2D eigenvalue weighted by molar-refractivity contribution is 0.0610. The predicted molar refractivity (Wildman–Crippen MR) is 94.0 cm³/mol. The second kappa shape index (κ2) is 8.33. The van der Waals surface area contributed by atoms with Crippen LogP contribution in [0.4, 0.5) is 10.6 Å². The maximum Gasteiger partial charge on any atom is 0.409 e. The molecule has 1 aromatic rings. The molecule has 0 aromatic carbocycles. The summed E-state index contributed by atoms with van der Waals surface area (Å²) in [7, 11) is 1.62.